The third-order valence-electron chi connectivity index (χ3n) is 5.25. The molecular weight excluding hydrogens is 326 g/mol. The average molecular weight is 351 g/mol. The molecule has 138 valence electrons. The highest BCUT2D eigenvalue weighted by Gasteiger charge is 2.54. The first-order valence-electron chi connectivity index (χ1n) is 8.95. The number of rotatable bonds is 7. The minimum Gasteiger partial charge on any atom is -0.481 e. The van der Waals surface area contributed by atoms with E-state index in [-0.39, 0.29) is 18.4 Å². The second-order valence-corrected chi connectivity index (χ2v) is 6.97. The fourth-order valence-electron chi connectivity index (χ4n) is 3.76. The predicted octanol–water partition coefficient (Wildman–Crippen LogP) is 1.29. The van der Waals surface area contributed by atoms with Crippen molar-refractivity contribution in [2.75, 3.05) is 26.3 Å². The Balaban J connectivity index is 1.51. The molecule has 1 aromatic rings. The normalized spacial score (nSPS) is 25.8. The fourth-order valence-corrected chi connectivity index (χ4v) is 3.76. The molecule has 3 rings (SSSR count). The summed E-state index contributed by atoms with van der Waals surface area (Å²) < 4.78 is 10.6. The number of carbonyl (C=O) groups is 2. The summed E-state index contributed by atoms with van der Waals surface area (Å²) in [5, 5.41) is 13.5. The Kier molecular flexibility index (Phi) is 5.36. The number of ether oxygens (including phenoxy) is 1. The van der Waals surface area contributed by atoms with E-state index in [1.165, 1.54) is 0 Å². The van der Waals surface area contributed by atoms with Crippen LogP contribution in [-0.4, -0.2) is 58.3 Å². The van der Waals surface area contributed by atoms with Gasteiger partial charge in [0, 0.05) is 44.9 Å². The molecule has 0 bridgehead atoms. The van der Waals surface area contributed by atoms with Crippen LogP contribution in [0.25, 0.3) is 0 Å². The van der Waals surface area contributed by atoms with Gasteiger partial charge in [0.05, 0.1) is 12.0 Å². The molecular formula is C17H25N3O5. The monoisotopic (exact) mass is 351 g/mol. The number of nitrogens with zero attached hydrogens (tertiary/aromatic N) is 3. The third kappa shape index (κ3) is 3.68. The number of likely N-dealkylation sites (tertiary alicyclic amines) is 1. The summed E-state index contributed by atoms with van der Waals surface area (Å²) in [5.41, 5.74) is -0.838. The maximum Gasteiger partial charge on any atom is 0.311 e. The molecule has 2 aliphatic rings. The van der Waals surface area contributed by atoms with E-state index in [9.17, 15) is 14.7 Å². The van der Waals surface area contributed by atoms with Crippen LogP contribution in [0, 0.1) is 11.3 Å². The van der Waals surface area contributed by atoms with Gasteiger partial charge in [-0.15, -0.1) is 0 Å². The van der Waals surface area contributed by atoms with E-state index >= 15 is 0 Å². The largest absolute Gasteiger partial charge is 0.481 e. The molecule has 1 N–H and O–H groups in total. The molecule has 0 spiro atoms. The Morgan fingerprint density at radius 3 is 2.96 bits per heavy atom. The molecule has 0 aliphatic carbocycles. The molecule has 2 saturated heterocycles. The van der Waals surface area contributed by atoms with Gasteiger partial charge in [-0.25, -0.2) is 0 Å². The second kappa shape index (κ2) is 7.51. The predicted molar refractivity (Wildman–Crippen MR) is 86.8 cm³/mol. The van der Waals surface area contributed by atoms with Crippen LogP contribution in [0.1, 0.15) is 44.3 Å². The summed E-state index contributed by atoms with van der Waals surface area (Å²) in [6.07, 6.45) is 3.75. The van der Waals surface area contributed by atoms with Crippen molar-refractivity contribution < 1.29 is 24.0 Å². The van der Waals surface area contributed by atoms with Crippen LogP contribution < -0.4 is 0 Å². The van der Waals surface area contributed by atoms with Gasteiger partial charge in [0.2, 0.25) is 11.8 Å². The van der Waals surface area contributed by atoms with Crippen LogP contribution in [0.4, 0.5) is 0 Å². The Bertz CT molecular complexity index is 632. The summed E-state index contributed by atoms with van der Waals surface area (Å²) in [6.45, 7) is 3.67. The molecule has 2 atom stereocenters. The van der Waals surface area contributed by atoms with Crippen LogP contribution in [-0.2, 0) is 27.2 Å². The molecule has 3 heterocycles. The highest BCUT2D eigenvalue weighted by molar-refractivity contribution is 5.81. The number of carboxylic acid groups (broad SMARTS) is 1. The summed E-state index contributed by atoms with van der Waals surface area (Å²) in [5.74, 6) is 0.321. The van der Waals surface area contributed by atoms with Crippen LogP contribution in [0.5, 0.6) is 0 Å². The van der Waals surface area contributed by atoms with Crippen LogP contribution in [0.15, 0.2) is 4.52 Å². The van der Waals surface area contributed by atoms with Gasteiger partial charge in [-0.2, -0.15) is 4.98 Å². The van der Waals surface area contributed by atoms with Gasteiger partial charge in [-0.3, -0.25) is 9.59 Å². The number of carboxylic acids is 1. The quantitative estimate of drug-likeness (QED) is 0.789. The van der Waals surface area contributed by atoms with Gasteiger partial charge in [0.1, 0.15) is 0 Å². The zero-order chi connectivity index (χ0) is 17.9. The number of hydrogen-bond donors (Lipinski definition) is 1. The number of hydrogen-bond acceptors (Lipinski definition) is 6. The molecule has 1 amide bonds. The fraction of sp³-hybridized carbons (Fsp3) is 0.765. The summed E-state index contributed by atoms with van der Waals surface area (Å²) in [7, 11) is 0. The lowest BCUT2D eigenvalue weighted by Gasteiger charge is -2.33. The average Bonchev–Trinajstić information content (AvgIpc) is 3.20. The molecule has 25 heavy (non-hydrogen) atoms. The Morgan fingerprint density at radius 1 is 1.40 bits per heavy atom. The summed E-state index contributed by atoms with van der Waals surface area (Å²) in [6, 6.07) is 0. The minimum absolute atomic E-state index is 0.0108. The molecule has 2 aliphatic heterocycles. The van der Waals surface area contributed by atoms with E-state index < -0.39 is 11.4 Å². The lowest BCUT2D eigenvalue weighted by Crippen LogP contribution is -2.45. The van der Waals surface area contributed by atoms with Crippen molar-refractivity contribution in [3.05, 3.63) is 11.7 Å². The van der Waals surface area contributed by atoms with Crippen molar-refractivity contribution in [1.82, 2.24) is 15.0 Å². The van der Waals surface area contributed by atoms with E-state index in [4.69, 9.17) is 9.26 Å². The first-order valence-corrected chi connectivity index (χ1v) is 8.95. The van der Waals surface area contributed by atoms with Gasteiger partial charge in [0.15, 0.2) is 5.82 Å². The molecule has 0 aromatic carbocycles. The lowest BCUT2D eigenvalue weighted by molar-refractivity contribution is -0.157. The molecule has 8 nitrogen and oxygen atoms in total. The highest BCUT2D eigenvalue weighted by atomic mass is 16.5. The lowest BCUT2D eigenvalue weighted by atomic mass is 9.74. The zero-order valence-electron chi connectivity index (χ0n) is 14.6. The van der Waals surface area contributed by atoms with E-state index in [0.29, 0.717) is 57.2 Å². The van der Waals surface area contributed by atoms with Gasteiger partial charge < -0.3 is 19.3 Å². The van der Waals surface area contributed by atoms with Gasteiger partial charge in [-0.05, 0) is 19.3 Å². The second-order valence-electron chi connectivity index (χ2n) is 6.97. The first-order chi connectivity index (χ1) is 12.0. The molecule has 1 aromatic heterocycles. The third-order valence-corrected chi connectivity index (χ3v) is 5.25. The van der Waals surface area contributed by atoms with Crippen LogP contribution in [0.2, 0.25) is 0 Å². The summed E-state index contributed by atoms with van der Waals surface area (Å²) >= 11 is 0. The molecule has 2 fully saturated rings. The van der Waals surface area contributed by atoms with E-state index in [1.807, 2.05) is 0 Å². The maximum absolute atomic E-state index is 12.5. The van der Waals surface area contributed by atoms with Crippen molar-refractivity contribution in [3.63, 3.8) is 0 Å². The standard InChI is InChI=1S/C17H25N3O5/c1-2-4-13-18-14(25-19-13)5-3-6-15(21)20-9-12-10-24-8-7-17(12,11-20)16(22)23/h12H,2-11H2,1H3,(H,22,23)/t12-,17+/m0/s1. The van der Waals surface area contributed by atoms with Crippen molar-refractivity contribution in [2.45, 2.75) is 45.4 Å². The van der Waals surface area contributed by atoms with Crippen molar-refractivity contribution >= 4 is 11.9 Å². The van der Waals surface area contributed by atoms with E-state index in [0.717, 1.165) is 12.8 Å². The number of aryl methyl sites for hydroxylation is 2. The number of amides is 1. The summed E-state index contributed by atoms with van der Waals surface area (Å²) in [4.78, 5) is 30.2. The van der Waals surface area contributed by atoms with Gasteiger partial charge in [-0.1, -0.05) is 12.1 Å². The van der Waals surface area contributed by atoms with E-state index in [2.05, 4.69) is 17.1 Å². The first kappa shape index (κ1) is 17.8. The number of fused-ring (bicyclic) bond motifs is 1. The maximum atomic E-state index is 12.5. The Labute approximate surface area is 146 Å². The van der Waals surface area contributed by atoms with Crippen molar-refractivity contribution in [1.29, 1.82) is 0 Å². The molecule has 0 unspecified atom stereocenters. The van der Waals surface area contributed by atoms with Gasteiger partial charge in [0.25, 0.3) is 0 Å². The van der Waals surface area contributed by atoms with Gasteiger partial charge >= 0.3 is 5.97 Å². The molecule has 0 saturated carbocycles. The Morgan fingerprint density at radius 2 is 2.24 bits per heavy atom. The Hall–Kier alpha value is -1.96. The van der Waals surface area contributed by atoms with Crippen molar-refractivity contribution in [3.8, 4) is 0 Å². The number of aliphatic carboxylic acids is 1. The number of aromatic nitrogens is 2. The molecule has 8 heteroatoms. The van der Waals surface area contributed by atoms with Crippen LogP contribution >= 0.6 is 0 Å². The molecule has 0 radical (unpaired) electrons. The minimum atomic E-state index is -0.838. The van der Waals surface area contributed by atoms with E-state index in [1.54, 1.807) is 4.90 Å². The zero-order valence-corrected chi connectivity index (χ0v) is 14.6. The SMILES string of the molecule is CCCc1noc(CCCC(=O)N2C[C@H]3COCC[C@@]3(C(=O)O)C2)n1. The number of carbonyl (C=O) groups excluding carboxylic acids is 1. The smallest absolute Gasteiger partial charge is 0.311 e. The highest BCUT2D eigenvalue weighted by Crippen LogP contribution is 2.42. The van der Waals surface area contributed by atoms with Crippen LogP contribution in [0.3, 0.4) is 0 Å². The van der Waals surface area contributed by atoms with Crippen molar-refractivity contribution in [2.24, 2.45) is 11.3 Å². The topological polar surface area (TPSA) is 106 Å².